The summed E-state index contributed by atoms with van der Waals surface area (Å²) in [6, 6.07) is 3.08. The summed E-state index contributed by atoms with van der Waals surface area (Å²) in [6.07, 6.45) is 3.98. The largest absolute Gasteiger partial charge is 0.493 e. The van der Waals surface area contributed by atoms with E-state index >= 15 is 0 Å². The Morgan fingerprint density at radius 2 is 2.24 bits per heavy atom. The summed E-state index contributed by atoms with van der Waals surface area (Å²) in [5.41, 5.74) is -0.0426. The number of benzene rings is 1. The molecule has 2 rings (SSSR count). The molecular weight excluding hydrogens is 289 g/mol. The Labute approximate surface area is 107 Å². The summed E-state index contributed by atoms with van der Waals surface area (Å²) in [5.74, 6) is -0.295. The zero-order chi connectivity index (χ0) is 12.5. The lowest BCUT2D eigenvalue weighted by atomic mass is 9.72. The van der Waals surface area contributed by atoms with E-state index in [4.69, 9.17) is 4.74 Å². The first-order valence-electron chi connectivity index (χ1n) is 5.25. The van der Waals surface area contributed by atoms with Gasteiger partial charge in [0.2, 0.25) is 6.08 Å². The quantitative estimate of drug-likeness (QED) is 0.634. The number of aliphatic imine (C=N–C) groups is 1. The van der Waals surface area contributed by atoms with Crippen molar-refractivity contribution < 1.29 is 13.9 Å². The molecule has 0 aliphatic heterocycles. The van der Waals surface area contributed by atoms with Gasteiger partial charge in [-0.2, -0.15) is 4.99 Å². The highest BCUT2D eigenvalue weighted by atomic mass is 79.9. The van der Waals surface area contributed by atoms with Crippen LogP contribution in [-0.2, 0) is 10.3 Å². The number of carbonyl (C=O) groups excluding carboxylic acids is 1. The van der Waals surface area contributed by atoms with Crippen molar-refractivity contribution in [1.82, 2.24) is 0 Å². The predicted octanol–water partition coefficient (Wildman–Crippen LogP) is 3.31. The van der Waals surface area contributed by atoms with Gasteiger partial charge in [0.25, 0.3) is 0 Å². The summed E-state index contributed by atoms with van der Waals surface area (Å²) in [7, 11) is 1.41. The van der Waals surface area contributed by atoms with E-state index in [1.165, 1.54) is 13.2 Å². The normalized spacial score (nSPS) is 16.9. The van der Waals surface area contributed by atoms with E-state index in [1.807, 2.05) is 0 Å². The number of hydrogen-bond donors (Lipinski definition) is 0. The Morgan fingerprint density at radius 1 is 1.53 bits per heavy atom. The van der Waals surface area contributed by atoms with E-state index in [2.05, 4.69) is 20.9 Å². The average Bonchev–Trinajstić information content (AvgIpc) is 2.22. The zero-order valence-electron chi connectivity index (χ0n) is 9.30. The maximum atomic E-state index is 13.7. The molecule has 0 aromatic heterocycles. The second-order valence-corrected chi connectivity index (χ2v) is 4.97. The second kappa shape index (κ2) is 4.59. The van der Waals surface area contributed by atoms with Crippen LogP contribution in [0.25, 0.3) is 0 Å². The number of nitrogens with zero attached hydrogens (tertiary/aromatic N) is 1. The average molecular weight is 300 g/mol. The maximum Gasteiger partial charge on any atom is 0.235 e. The molecule has 17 heavy (non-hydrogen) atoms. The molecule has 0 N–H and O–H groups in total. The topological polar surface area (TPSA) is 38.7 Å². The molecule has 0 spiro atoms. The van der Waals surface area contributed by atoms with E-state index in [-0.39, 0.29) is 5.75 Å². The minimum atomic E-state index is -0.655. The molecule has 1 aromatic carbocycles. The number of methoxy groups -OCH3 is 1. The Balaban J connectivity index is 2.60. The van der Waals surface area contributed by atoms with Gasteiger partial charge in [0.1, 0.15) is 5.54 Å². The first-order valence-corrected chi connectivity index (χ1v) is 6.05. The van der Waals surface area contributed by atoms with Crippen molar-refractivity contribution in [2.45, 2.75) is 24.8 Å². The maximum absolute atomic E-state index is 13.7. The first-order chi connectivity index (χ1) is 8.13. The lowest BCUT2D eigenvalue weighted by Gasteiger charge is -2.38. The third kappa shape index (κ3) is 2.01. The van der Waals surface area contributed by atoms with Crippen molar-refractivity contribution in [3.05, 3.63) is 28.0 Å². The lowest BCUT2D eigenvalue weighted by molar-refractivity contribution is 0.243. The number of halogens is 2. The molecule has 5 heteroatoms. The van der Waals surface area contributed by atoms with Crippen molar-refractivity contribution in [3.8, 4) is 5.75 Å². The van der Waals surface area contributed by atoms with Crippen molar-refractivity contribution in [3.63, 3.8) is 0 Å². The van der Waals surface area contributed by atoms with Gasteiger partial charge in [-0.1, -0.05) is 15.9 Å². The minimum Gasteiger partial charge on any atom is -0.493 e. The highest BCUT2D eigenvalue weighted by molar-refractivity contribution is 9.10. The van der Waals surface area contributed by atoms with Gasteiger partial charge < -0.3 is 4.74 Å². The van der Waals surface area contributed by atoms with Gasteiger partial charge in [0, 0.05) is 10.0 Å². The van der Waals surface area contributed by atoms with E-state index in [9.17, 15) is 9.18 Å². The fourth-order valence-corrected chi connectivity index (χ4v) is 2.58. The van der Waals surface area contributed by atoms with Crippen LogP contribution in [0.2, 0.25) is 0 Å². The number of rotatable bonds is 3. The molecule has 0 heterocycles. The van der Waals surface area contributed by atoms with E-state index in [1.54, 1.807) is 12.1 Å². The summed E-state index contributed by atoms with van der Waals surface area (Å²) in [5, 5.41) is 0. The molecule has 0 saturated heterocycles. The van der Waals surface area contributed by atoms with Crippen LogP contribution < -0.4 is 4.74 Å². The van der Waals surface area contributed by atoms with Crippen LogP contribution in [0.5, 0.6) is 5.75 Å². The zero-order valence-corrected chi connectivity index (χ0v) is 10.9. The summed E-state index contributed by atoms with van der Waals surface area (Å²) in [6.45, 7) is 0. The van der Waals surface area contributed by atoms with Gasteiger partial charge in [-0.05, 0) is 31.4 Å². The number of ether oxygens (including phenoxy) is 1. The molecule has 0 unspecified atom stereocenters. The Hall–Kier alpha value is -1.19. The van der Waals surface area contributed by atoms with Crippen LogP contribution in [0.4, 0.5) is 4.39 Å². The van der Waals surface area contributed by atoms with Crippen molar-refractivity contribution in [2.24, 2.45) is 4.99 Å². The highest BCUT2D eigenvalue weighted by Crippen LogP contribution is 2.49. The van der Waals surface area contributed by atoms with Crippen molar-refractivity contribution in [2.75, 3.05) is 7.11 Å². The number of hydrogen-bond acceptors (Lipinski definition) is 3. The predicted molar refractivity (Wildman–Crippen MR) is 64.3 cm³/mol. The third-order valence-corrected chi connectivity index (χ3v) is 3.61. The summed E-state index contributed by atoms with van der Waals surface area (Å²) < 4.78 is 19.4. The standard InChI is InChI=1S/C12H11BrFNO2/c1-17-11-9(5-8(13)6-10(11)14)12(15-7-16)3-2-4-12/h5-6H,2-4H2,1H3. The fourth-order valence-electron chi connectivity index (χ4n) is 2.15. The van der Waals surface area contributed by atoms with E-state index in [0.717, 1.165) is 6.42 Å². The van der Waals surface area contributed by atoms with E-state index in [0.29, 0.717) is 22.9 Å². The van der Waals surface area contributed by atoms with E-state index < -0.39 is 11.4 Å². The minimum absolute atomic E-state index is 0.159. The van der Waals surface area contributed by atoms with Gasteiger partial charge in [-0.3, -0.25) is 0 Å². The van der Waals surface area contributed by atoms with Crippen LogP contribution in [0.1, 0.15) is 24.8 Å². The molecule has 0 radical (unpaired) electrons. The van der Waals surface area contributed by atoms with Gasteiger partial charge in [0.05, 0.1) is 7.11 Å². The molecule has 3 nitrogen and oxygen atoms in total. The van der Waals surface area contributed by atoms with Crippen LogP contribution in [0.15, 0.2) is 21.6 Å². The van der Waals surface area contributed by atoms with Crippen LogP contribution in [-0.4, -0.2) is 13.2 Å². The van der Waals surface area contributed by atoms with Gasteiger partial charge in [-0.15, -0.1) is 0 Å². The Bertz CT molecular complexity index is 494. The molecule has 0 atom stereocenters. The molecule has 1 fully saturated rings. The third-order valence-electron chi connectivity index (χ3n) is 3.15. The Kier molecular flexibility index (Phi) is 3.31. The molecule has 1 aliphatic rings. The lowest BCUT2D eigenvalue weighted by Crippen LogP contribution is -2.32. The molecule has 0 bridgehead atoms. The summed E-state index contributed by atoms with van der Waals surface area (Å²) >= 11 is 3.24. The summed E-state index contributed by atoms with van der Waals surface area (Å²) in [4.78, 5) is 14.4. The Morgan fingerprint density at radius 3 is 2.71 bits per heavy atom. The fraction of sp³-hybridized carbons (Fsp3) is 0.417. The first kappa shape index (κ1) is 12.3. The van der Waals surface area contributed by atoms with Crippen LogP contribution in [0.3, 0.4) is 0 Å². The van der Waals surface area contributed by atoms with Crippen LogP contribution in [0, 0.1) is 5.82 Å². The van der Waals surface area contributed by atoms with Crippen molar-refractivity contribution in [1.29, 1.82) is 0 Å². The molecule has 0 amide bonds. The number of isocyanates is 1. The highest BCUT2D eigenvalue weighted by Gasteiger charge is 2.42. The molecular formula is C12H11BrFNO2. The monoisotopic (exact) mass is 299 g/mol. The SMILES string of the molecule is COc1c(F)cc(Br)cc1C1(N=C=O)CCC1. The van der Waals surface area contributed by atoms with Gasteiger partial charge in [-0.25, -0.2) is 9.18 Å². The van der Waals surface area contributed by atoms with Gasteiger partial charge in [0.15, 0.2) is 11.6 Å². The molecule has 1 aromatic rings. The molecule has 1 saturated carbocycles. The van der Waals surface area contributed by atoms with Crippen molar-refractivity contribution >= 4 is 22.0 Å². The molecule has 1 aliphatic carbocycles. The second-order valence-electron chi connectivity index (χ2n) is 4.06. The molecule has 90 valence electrons. The van der Waals surface area contributed by atoms with Gasteiger partial charge >= 0.3 is 0 Å². The van der Waals surface area contributed by atoms with Crippen LogP contribution >= 0.6 is 15.9 Å². The smallest absolute Gasteiger partial charge is 0.235 e.